The highest BCUT2D eigenvalue weighted by Crippen LogP contribution is 2.33. The zero-order chi connectivity index (χ0) is 19.5. The molecule has 3 aromatic rings. The number of pyridine rings is 1. The third kappa shape index (κ3) is 3.88. The predicted octanol–water partition coefficient (Wildman–Crippen LogP) is 4.16. The topological polar surface area (TPSA) is 82.2 Å². The number of carbonyl (C=O) groups is 1. The molecule has 1 aromatic heterocycles. The smallest absolute Gasteiger partial charge is 0.252 e. The maximum Gasteiger partial charge on any atom is 0.252 e. The van der Waals surface area contributed by atoms with Crippen LogP contribution in [0, 0.1) is 0 Å². The first-order valence-electron chi connectivity index (χ1n) is 10.2. The second kappa shape index (κ2) is 8.05. The van der Waals surface area contributed by atoms with Gasteiger partial charge in [-0.2, -0.15) is 0 Å². The summed E-state index contributed by atoms with van der Waals surface area (Å²) < 4.78 is 0. The van der Waals surface area contributed by atoms with Crippen molar-refractivity contribution in [2.24, 2.45) is 0 Å². The Morgan fingerprint density at radius 2 is 1.93 bits per heavy atom. The molecule has 0 saturated heterocycles. The number of H-pyrrole nitrogens is 1. The average Bonchev–Trinajstić information content (AvgIpc) is 2.68. The molecule has 1 heterocycles. The van der Waals surface area contributed by atoms with E-state index in [0.717, 1.165) is 42.0 Å². The fourth-order valence-electron chi connectivity index (χ4n) is 4.38. The van der Waals surface area contributed by atoms with Crippen LogP contribution in [-0.4, -0.2) is 22.0 Å². The number of carbonyl (C=O) groups excluding carboxylic acids is 1. The van der Waals surface area contributed by atoms with Crippen molar-refractivity contribution in [3.8, 4) is 5.75 Å². The molecular formula is C23H26N2O3. The molecule has 146 valence electrons. The first-order valence-corrected chi connectivity index (χ1v) is 10.2. The molecule has 1 aliphatic rings. The third-order valence-electron chi connectivity index (χ3n) is 5.73. The molecule has 1 aliphatic carbocycles. The van der Waals surface area contributed by atoms with Gasteiger partial charge in [0, 0.05) is 23.9 Å². The van der Waals surface area contributed by atoms with E-state index in [1.165, 1.54) is 25.3 Å². The number of nitrogens with one attached hydrogen (secondary N) is 2. The van der Waals surface area contributed by atoms with Gasteiger partial charge in [0.2, 0.25) is 5.91 Å². The van der Waals surface area contributed by atoms with E-state index < -0.39 is 0 Å². The molecule has 5 nitrogen and oxygen atoms in total. The largest absolute Gasteiger partial charge is 0.507 e. The number of aromatic amines is 1. The van der Waals surface area contributed by atoms with Crippen molar-refractivity contribution in [1.82, 2.24) is 10.3 Å². The maximum absolute atomic E-state index is 12.3. The Kier molecular flexibility index (Phi) is 5.33. The SMILES string of the molecule is O=C(CCCc1cccc2ccc3[nH]c(=O)cc(O)c3c12)NC1CCCCC1. The quantitative estimate of drug-likeness (QED) is 0.583. The minimum atomic E-state index is -0.318. The lowest BCUT2D eigenvalue weighted by Crippen LogP contribution is -2.36. The Morgan fingerprint density at radius 3 is 2.75 bits per heavy atom. The highest BCUT2D eigenvalue weighted by Gasteiger charge is 2.16. The number of aryl methyl sites for hydroxylation is 1. The number of aromatic hydroxyl groups is 1. The van der Waals surface area contributed by atoms with Gasteiger partial charge in [0.1, 0.15) is 5.75 Å². The van der Waals surface area contributed by atoms with Crippen LogP contribution in [-0.2, 0) is 11.2 Å². The Labute approximate surface area is 163 Å². The van der Waals surface area contributed by atoms with Gasteiger partial charge in [0.15, 0.2) is 0 Å². The zero-order valence-electron chi connectivity index (χ0n) is 16.0. The van der Waals surface area contributed by atoms with Crippen molar-refractivity contribution in [2.75, 3.05) is 0 Å². The van der Waals surface area contributed by atoms with Crippen LogP contribution in [0.2, 0.25) is 0 Å². The van der Waals surface area contributed by atoms with Crippen molar-refractivity contribution in [3.63, 3.8) is 0 Å². The van der Waals surface area contributed by atoms with Crippen molar-refractivity contribution in [3.05, 3.63) is 52.3 Å². The molecule has 0 unspecified atom stereocenters. The lowest BCUT2D eigenvalue weighted by Gasteiger charge is -2.22. The first-order chi connectivity index (χ1) is 13.6. The summed E-state index contributed by atoms with van der Waals surface area (Å²) in [4.78, 5) is 26.7. The van der Waals surface area contributed by atoms with Crippen LogP contribution in [0.25, 0.3) is 21.7 Å². The molecule has 28 heavy (non-hydrogen) atoms. The summed E-state index contributed by atoms with van der Waals surface area (Å²) in [6.07, 6.45) is 7.88. The highest BCUT2D eigenvalue weighted by molar-refractivity contribution is 6.10. The van der Waals surface area contributed by atoms with Gasteiger partial charge in [0.25, 0.3) is 5.56 Å². The molecule has 0 aliphatic heterocycles. The van der Waals surface area contributed by atoms with Gasteiger partial charge in [-0.15, -0.1) is 0 Å². The number of rotatable bonds is 5. The molecule has 1 amide bonds. The van der Waals surface area contributed by atoms with Crippen molar-refractivity contribution in [2.45, 2.75) is 57.4 Å². The van der Waals surface area contributed by atoms with Gasteiger partial charge in [0.05, 0.1) is 5.52 Å². The van der Waals surface area contributed by atoms with Crippen molar-refractivity contribution >= 4 is 27.6 Å². The molecule has 1 saturated carbocycles. The van der Waals surface area contributed by atoms with E-state index in [4.69, 9.17) is 0 Å². The van der Waals surface area contributed by atoms with E-state index in [9.17, 15) is 14.7 Å². The normalized spacial score (nSPS) is 15.1. The molecule has 4 rings (SSSR count). The molecule has 0 radical (unpaired) electrons. The number of hydrogen-bond donors (Lipinski definition) is 3. The Balaban J connectivity index is 1.53. The van der Waals surface area contributed by atoms with Crippen LogP contribution in [0.1, 0.15) is 50.5 Å². The molecule has 2 aromatic carbocycles. The van der Waals surface area contributed by atoms with Crippen LogP contribution in [0.5, 0.6) is 5.75 Å². The van der Waals surface area contributed by atoms with Crippen molar-refractivity contribution < 1.29 is 9.90 Å². The van der Waals surface area contributed by atoms with Crippen LogP contribution in [0.3, 0.4) is 0 Å². The van der Waals surface area contributed by atoms with E-state index >= 15 is 0 Å². The lowest BCUT2D eigenvalue weighted by atomic mass is 9.95. The zero-order valence-corrected chi connectivity index (χ0v) is 16.0. The standard InChI is InChI=1S/C23H26N2O3/c26-19-14-21(28)25-18-13-12-16-7-4-6-15(22(16)23(18)19)8-5-11-20(27)24-17-9-2-1-3-10-17/h4,6-7,12-14,17H,1-3,5,8-11H2,(H,24,27)(H2,25,26,28). The summed E-state index contributed by atoms with van der Waals surface area (Å²) in [7, 11) is 0. The monoisotopic (exact) mass is 378 g/mol. The van der Waals surface area contributed by atoms with E-state index in [-0.39, 0.29) is 17.2 Å². The fraction of sp³-hybridized carbons (Fsp3) is 0.391. The Hall–Kier alpha value is -2.82. The van der Waals surface area contributed by atoms with Crippen LogP contribution >= 0.6 is 0 Å². The van der Waals surface area contributed by atoms with Gasteiger partial charge in [-0.05, 0) is 48.1 Å². The number of amides is 1. The van der Waals surface area contributed by atoms with E-state index in [1.54, 1.807) is 0 Å². The molecular weight excluding hydrogens is 352 g/mol. The van der Waals surface area contributed by atoms with Gasteiger partial charge in [-0.25, -0.2) is 0 Å². The number of fused-ring (bicyclic) bond motifs is 3. The lowest BCUT2D eigenvalue weighted by molar-refractivity contribution is -0.122. The second-order valence-corrected chi connectivity index (χ2v) is 7.78. The third-order valence-corrected chi connectivity index (χ3v) is 5.73. The number of hydrogen-bond acceptors (Lipinski definition) is 3. The first kappa shape index (κ1) is 18.5. The highest BCUT2D eigenvalue weighted by atomic mass is 16.3. The number of benzene rings is 2. The number of aromatic nitrogens is 1. The second-order valence-electron chi connectivity index (χ2n) is 7.78. The van der Waals surface area contributed by atoms with E-state index in [1.807, 2.05) is 30.3 Å². The van der Waals surface area contributed by atoms with Crippen LogP contribution in [0.4, 0.5) is 0 Å². The summed E-state index contributed by atoms with van der Waals surface area (Å²) in [6, 6.07) is 11.4. The molecule has 0 atom stereocenters. The van der Waals surface area contributed by atoms with Gasteiger partial charge >= 0.3 is 0 Å². The van der Waals surface area contributed by atoms with E-state index in [0.29, 0.717) is 23.4 Å². The van der Waals surface area contributed by atoms with Gasteiger partial charge in [-0.1, -0.05) is 43.5 Å². The molecule has 0 bridgehead atoms. The van der Waals surface area contributed by atoms with E-state index in [2.05, 4.69) is 10.3 Å². The summed E-state index contributed by atoms with van der Waals surface area (Å²) >= 11 is 0. The predicted molar refractivity (Wildman–Crippen MR) is 112 cm³/mol. The summed E-state index contributed by atoms with van der Waals surface area (Å²) in [6.45, 7) is 0. The van der Waals surface area contributed by atoms with Crippen LogP contribution in [0.15, 0.2) is 41.2 Å². The summed E-state index contributed by atoms with van der Waals surface area (Å²) in [5.41, 5.74) is 1.39. The molecule has 5 heteroatoms. The average molecular weight is 378 g/mol. The minimum absolute atomic E-state index is 0.00755. The summed E-state index contributed by atoms with van der Waals surface area (Å²) in [5, 5.41) is 16.2. The van der Waals surface area contributed by atoms with Crippen molar-refractivity contribution in [1.29, 1.82) is 0 Å². The minimum Gasteiger partial charge on any atom is -0.507 e. The van der Waals surface area contributed by atoms with Gasteiger partial charge < -0.3 is 15.4 Å². The van der Waals surface area contributed by atoms with Gasteiger partial charge in [-0.3, -0.25) is 9.59 Å². The maximum atomic E-state index is 12.3. The Morgan fingerprint density at radius 1 is 1.11 bits per heavy atom. The summed E-state index contributed by atoms with van der Waals surface area (Å²) in [5.74, 6) is 0.121. The molecule has 0 spiro atoms. The molecule has 3 N–H and O–H groups in total. The van der Waals surface area contributed by atoms with Crippen LogP contribution < -0.4 is 10.9 Å². The fourth-order valence-corrected chi connectivity index (χ4v) is 4.38. The molecule has 1 fully saturated rings. The Bertz CT molecular complexity index is 1060.